The fraction of sp³-hybridized carbons (Fsp3) is 0.263. The quantitative estimate of drug-likeness (QED) is 0.752. The Morgan fingerprint density at radius 2 is 1.50 bits per heavy atom. The molecule has 0 spiro atoms. The molecule has 2 aromatic rings. The minimum atomic E-state index is -1.03. The molecule has 0 aromatic heterocycles. The molecule has 0 atom stereocenters. The second-order valence-corrected chi connectivity index (χ2v) is 5.38. The van der Waals surface area contributed by atoms with Crippen LogP contribution in [0.1, 0.15) is 26.3 Å². The molecule has 0 saturated heterocycles. The van der Waals surface area contributed by atoms with Crippen LogP contribution in [0.5, 0.6) is 17.2 Å². The molecule has 0 aliphatic rings. The zero-order valence-electron chi connectivity index (χ0n) is 14.9. The fourth-order valence-corrected chi connectivity index (χ4v) is 2.54. The van der Waals surface area contributed by atoms with Gasteiger partial charge < -0.3 is 24.6 Å². The molecule has 0 aliphatic heterocycles. The number of hydrogen-bond donors (Lipinski definition) is 2. The lowest BCUT2D eigenvalue weighted by molar-refractivity contribution is 0.0696. The Morgan fingerprint density at radius 3 is 2.04 bits per heavy atom. The molecule has 2 N–H and O–H groups in total. The molecule has 0 unspecified atom stereocenters. The highest BCUT2D eigenvalue weighted by Crippen LogP contribution is 2.39. The Morgan fingerprint density at radius 1 is 0.885 bits per heavy atom. The van der Waals surface area contributed by atoms with Crippen molar-refractivity contribution in [3.63, 3.8) is 0 Å². The predicted molar refractivity (Wildman–Crippen MR) is 95.5 cm³/mol. The van der Waals surface area contributed by atoms with Crippen LogP contribution >= 0.6 is 0 Å². The maximum atomic E-state index is 12.2. The van der Waals surface area contributed by atoms with Crippen LogP contribution in [-0.4, -0.2) is 44.9 Å². The van der Waals surface area contributed by atoms with E-state index in [1.807, 2.05) is 6.07 Å². The van der Waals surface area contributed by atoms with Crippen LogP contribution in [0.25, 0.3) is 0 Å². The van der Waals surface area contributed by atoms with Gasteiger partial charge in [0.25, 0.3) is 5.91 Å². The molecule has 0 radical (unpaired) electrons. The molecule has 0 aliphatic carbocycles. The highest BCUT2D eigenvalue weighted by molar-refractivity contribution is 5.95. The number of ether oxygens (including phenoxy) is 3. The van der Waals surface area contributed by atoms with Gasteiger partial charge >= 0.3 is 5.97 Å². The van der Waals surface area contributed by atoms with E-state index in [-0.39, 0.29) is 11.5 Å². The normalized spacial score (nSPS) is 10.1. The lowest BCUT2D eigenvalue weighted by Crippen LogP contribution is -2.25. The standard InChI is InChI=1S/C19H21NO6/c1-24-15-9-8-12(16(25-2)17(15)26-3)10-11-20-18(21)13-4-6-14(7-5-13)19(22)23/h4-9H,10-11H2,1-3H3,(H,20,21)(H,22,23). The van der Waals surface area contributed by atoms with Crippen molar-refractivity contribution in [2.45, 2.75) is 6.42 Å². The number of carbonyl (C=O) groups excluding carboxylic acids is 1. The number of amides is 1. The summed E-state index contributed by atoms with van der Waals surface area (Å²) in [4.78, 5) is 23.0. The van der Waals surface area contributed by atoms with Gasteiger partial charge in [0.15, 0.2) is 11.5 Å². The molecular formula is C19H21NO6. The third kappa shape index (κ3) is 4.24. The van der Waals surface area contributed by atoms with Gasteiger partial charge in [0.1, 0.15) is 0 Å². The molecule has 2 rings (SSSR count). The lowest BCUT2D eigenvalue weighted by Gasteiger charge is -2.16. The fourth-order valence-electron chi connectivity index (χ4n) is 2.54. The van der Waals surface area contributed by atoms with Crippen molar-refractivity contribution in [2.75, 3.05) is 27.9 Å². The number of carboxylic acids is 1. The predicted octanol–water partition coefficient (Wildman–Crippen LogP) is 2.38. The average Bonchev–Trinajstić information content (AvgIpc) is 2.67. The second kappa shape index (κ2) is 8.75. The zero-order valence-corrected chi connectivity index (χ0v) is 14.9. The van der Waals surface area contributed by atoms with Gasteiger partial charge in [-0.05, 0) is 36.8 Å². The van der Waals surface area contributed by atoms with E-state index < -0.39 is 5.97 Å². The smallest absolute Gasteiger partial charge is 0.335 e. The monoisotopic (exact) mass is 359 g/mol. The van der Waals surface area contributed by atoms with Gasteiger partial charge in [0.05, 0.1) is 26.9 Å². The summed E-state index contributed by atoms with van der Waals surface area (Å²) < 4.78 is 16.0. The first-order chi connectivity index (χ1) is 12.5. The first-order valence-corrected chi connectivity index (χ1v) is 7.91. The van der Waals surface area contributed by atoms with Crippen LogP contribution in [0, 0.1) is 0 Å². The Hall–Kier alpha value is -3.22. The molecule has 1 amide bonds. The Labute approximate surface area is 151 Å². The van der Waals surface area contributed by atoms with Crippen molar-refractivity contribution < 1.29 is 28.9 Å². The first kappa shape index (κ1) is 19.1. The van der Waals surface area contributed by atoms with Gasteiger partial charge in [-0.3, -0.25) is 4.79 Å². The highest BCUT2D eigenvalue weighted by atomic mass is 16.5. The van der Waals surface area contributed by atoms with E-state index in [1.165, 1.54) is 31.4 Å². The number of benzene rings is 2. The van der Waals surface area contributed by atoms with Gasteiger partial charge in [0, 0.05) is 17.7 Å². The van der Waals surface area contributed by atoms with Crippen LogP contribution in [0.4, 0.5) is 0 Å². The number of nitrogens with one attached hydrogen (secondary N) is 1. The summed E-state index contributed by atoms with van der Waals surface area (Å²) in [5.41, 5.74) is 1.40. The van der Waals surface area contributed by atoms with E-state index >= 15 is 0 Å². The largest absolute Gasteiger partial charge is 0.493 e. The number of rotatable bonds is 8. The zero-order chi connectivity index (χ0) is 19.1. The van der Waals surface area contributed by atoms with E-state index in [0.29, 0.717) is 35.8 Å². The van der Waals surface area contributed by atoms with Crippen molar-refractivity contribution >= 4 is 11.9 Å². The molecule has 138 valence electrons. The number of carboxylic acid groups (broad SMARTS) is 1. The topological polar surface area (TPSA) is 94.1 Å². The molecule has 26 heavy (non-hydrogen) atoms. The van der Waals surface area contributed by atoms with E-state index in [1.54, 1.807) is 20.3 Å². The molecule has 0 saturated carbocycles. The van der Waals surface area contributed by atoms with Crippen molar-refractivity contribution in [2.24, 2.45) is 0 Å². The van der Waals surface area contributed by atoms with Gasteiger partial charge in [-0.15, -0.1) is 0 Å². The minimum absolute atomic E-state index is 0.136. The summed E-state index contributed by atoms with van der Waals surface area (Å²) in [6.07, 6.45) is 0.530. The molecule has 0 heterocycles. The summed E-state index contributed by atoms with van der Waals surface area (Å²) in [5.74, 6) is 0.324. The van der Waals surface area contributed by atoms with Crippen molar-refractivity contribution in [1.29, 1.82) is 0 Å². The number of hydrogen-bond acceptors (Lipinski definition) is 5. The third-order valence-corrected chi connectivity index (χ3v) is 3.86. The Bertz CT molecular complexity index is 785. The number of aromatic carboxylic acids is 1. The van der Waals surface area contributed by atoms with Crippen molar-refractivity contribution in [1.82, 2.24) is 5.32 Å². The average molecular weight is 359 g/mol. The Balaban J connectivity index is 2.03. The van der Waals surface area contributed by atoms with E-state index in [9.17, 15) is 9.59 Å². The number of carbonyl (C=O) groups is 2. The van der Waals surface area contributed by atoms with Crippen LogP contribution in [-0.2, 0) is 6.42 Å². The maximum Gasteiger partial charge on any atom is 0.335 e. The summed E-state index contributed by atoms with van der Waals surface area (Å²) in [6.45, 7) is 0.380. The summed E-state index contributed by atoms with van der Waals surface area (Å²) in [6, 6.07) is 9.39. The molecule has 7 nitrogen and oxygen atoms in total. The first-order valence-electron chi connectivity index (χ1n) is 7.91. The summed E-state index contributed by atoms with van der Waals surface area (Å²) in [5, 5.41) is 11.7. The summed E-state index contributed by atoms with van der Waals surface area (Å²) in [7, 11) is 4.63. The highest BCUT2D eigenvalue weighted by Gasteiger charge is 2.16. The van der Waals surface area contributed by atoms with Crippen LogP contribution in [0.15, 0.2) is 36.4 Å². The van der Waals surface area contributed by atoms with Crippen LogP contribution in [0.2, 0.25) is 0 Å². The van der Waals surface area contributed by atoms with Gasteiger partial charge in [-0.25, -0.2) is 4.79 Å². The van der Waals surface area contributed by atoms with Gasteiger partial charge in [-0.2, -0.15) is 0 Å². The van der Waals surface area contributed by atoms with E-state index in [4.69, 9.17) is 19.3 Å². The van der Waals surface area contributed by atoms with Crippen molar-refractivity contribution in [3.05, 3.63) is 53.1 Å². The SMILES string of the molecule is COc1ccc(CCNC(=O)c2ccc(C(=O)O)cc2)c(OC)c1OC. The third-order valence-electron chi connectivity index (χ3n) is 3.86. The second-order valence-electron chi connectivity index (χ2n) is 5.38. The minimum Gasteiger partial charge on any atom is -0.493 e. The van der Waals surface area contributed by atoms with E-state index in [2.05, 4.69) is 5.32 Å². The molecule has 2 aromatic carbocycles. The molecule has 0 fully saturated rings. The van der Waals surface area contributed by atoms with Crippen LogP contribution < -0.4 is 19.5 Å². The van der Waals surface area contributed by atoms with Crippen LogP contribution in [0.3, 0.4) is 0 Å². The lowest BCUT2D eigenvalue weighted by atomic mass is 10.1. The molecule has 0 bridgehead atoms. The molecule has 7 heteroatoms. The van der Waals surface area contributed by atoms with Crippen molar-refractivity contribution in [3.8, 4) is 17.2 Å². The summed E-state index contributed by atoms with van der Waals surface area (Å²) >= 11 is 0. The van der Waals surface area contributed by atoms with Gasteiger partial charge in [0.2, 0.25) is 5.75 Å². The maximum absolute atomic E-state index is 12.2. The van der Waals surface area contributed by atoms with Gasteiger partial charge in [-0.1, -0.05) is 6.07 Å². The van der Waals surface area contributed by atoms with E-state index in [0.717, 1.165) is 5.56 Å². The number of methoxy groups -OCH3 is 3. The molecular weight excluding hydrogens is 338 g/mol. The Kier molecular flexibility index (Phi) is 6.43.